The van der Waals surface area contributed by atoms with E-state index in [9.17, 15) is 19.8 Å². The first-order chi connectivity index (χ1) is 17.1. The van der Waals surface area contributed by atoms with Crippen LogP contribution in [0.4, 0.5) is 0 Å². The van der Waals surface area contributed by atoms with Crippen LogP contribution in [0.5, 0.6) is 0 Å². The number of hydrogen-bond acceptors (Lipinski definition) is 7. The number of carbonyl (C=O) groups is 2. The van der Waals surface area contributed by atoms with Crippen LogP contribution in [-0.4, -0.2) is 39.2 Å². The third-order valence-corrected chi connectivity index (χ3v) is 8.44. The predicted molar refractivity (Wildman–Crippen MR) is 143 cm³/mol. The third-order valence-electron chi connectivity index (χ3n) is 8.44. The number of benzene rings is 1. The molecule has 0 saturated heterocycles. The maximum Gasteiger partial charge on any atom is 0.309 e. The number of aliphatic hydroxyl groups excluding tert-OH is 2. The Kier molecular flexibility index (Phi) is 8.70. The van der Waals surface area contributed by atoms with Crippen molar-refractivity contribution in [3.8, 4) is 0 Å². The van der Waals surface area contributed by atoms with Crippen molar-refractivity contribution in [3.63, 3.8) is 0 Å². The minimum Gasteiger partial charge on any atom is -0.457 e. The number of rotatable bonds is 1. The van der Waals surface area contributed by atoms with Gasteiger partial charge in [-0.1, -0.05) is 66.7 Å². The first-order valence-corrected chi connectivity index (χ1v) is 13.3. The van der Waals surface area contributed by atoms with Gasteiger partial charge in [0.25, 0.3) is 0 Å². The second-order valence-corrected chi connectivity index (χ2v) is 12.1. The summed E-state index contributed by atoms with van der Waals surface area (Å²) in [4.78, 5) is 30.8. The average molecular weight is 514 g/mol. The Labute approximate surface area is 220 Å². The zero-order chi connectivity index (χ0) is 27.7. The molecule has 204 valence electrons. The van der Waals surface area contributed by atoms with E-state index < -0.39 is 35.6 Å². The number of cyclic esters (lactones) is 1. The Morgan fingerprint density at radius 3 is 2.41 bits per heavy atom. The molecule has 3 rings (SSSR count). The molecule has 1 unspecified atom stereocenters. The van der Waals surface area contributed by atoms with Gasteiger partial charge in [-0.15, -0.1) is 0 Å². The molecule has 0 spiro atoms. The van der Waals surface area contributed by atoms with E-state index in [4.69, 9.17) is 9.15 Å². The van der Waals surface area contributed by atoms with Crippen molar-refractivity contribution in [3.05, 3.63) is 41.8 Å². The van der Waals surface area contributed by atoms with E-state index in [1.807, 2.05) is 31.2 Å². The summed E-state index contributed by atoms with van der Waals surface area (Å²) in [7, 11) is 0. The molecular weight excluding hydrogens is 470 g/mol. The van der Waals surface area contributed by atoms with Crippen molar-refractivity contribution in [1.29, 1.82) is 0 Å². The van der Waals surface area contributed by atoms with E-state index in [2.05, 4.69) is 31.8 Å². The highest BCUT2D eigenvalue weighted by Gasteiger charge is 2.42. The van der Waals surface area contributed by atoms with Crippen molar-refractivity contribution in [2.75, 3.05) is 0 Å². The van der Waals surface area contributed by atoms with Gasteiger partial charge in [-0.3, -0.25) is 9.59 Å². The SMILES string of the molecule is Cc1nc2cc([C@@H]3CC(C)C(C)(C)C/C=C/[C@H](C)[C@H](O)[C@@H](C)C(=O)C(C)(C)[C@@H](O)CC(=O)O3)ccc2o1. The smallest absolute Gasteiger partial charge is 0.309 e. The molecule has 0 fully saturated rings. The minimum absolute atomic E-state index is 0.125. The molecule has 7 heteroatoms. The summed E-state index contributed by atoms with van der Waals surface area (Å²) >= 11 is 0. The van der Waals surface area contributed by atoms with Crippen LogP contribution >= 0.6 is 0 Å². The van der Waals surface area contributed by atoms with E-state index in [0.717, 1.165) is 12.0 Å². The number of hydrogen-bond donors (Lipinski definition) is 2. The number of carbonyl (C=O) groups excluding carboxylic acids is 2. The zero-order valence-electron chi connectivity index (χ0n) is 23.4. The second-order valence-electron chi connectivity index (χ2n) is 12.1. The van der Waals surface area contributed by atoms with Gasteiger partial charge in [0, 0.05) is 18.8 Å². The number of oxazole rings is 1. The molecule has 1 aromatic heterocycles. The van der Waals surface area contributed by atoms with Gasteiger partial charge >= 0.3 is 5.97 Å². The molecule has 6 atom stereocenters. The van der Waals surface area contributed by atoms with Crippen LogP contribution in [0, 0.1) is 35.5 Å². The molecule has 1 aliphatic rings. The zero-order valence-corrected chi connectivity index (χ0v) is 23.4. The van der Waals surface area contributed by atoms with Crippen LogP contribution < -0.4 is 0 Å². The molecule has 0 aliphatic carbocycles. The van der Waals surface area contributed by atoms with Gasteiger partial charge in [-0.25, -0.2) is 4.98 Å². The summed E-state index contributed by atoms with van der Waals surface area (Å²) in [5.74, 6) is -1.07. The Morgan fingerprint density at radius 2 is 1.73 bits per heavy atom. The van der Waals surface area contributed by atoms with Crippen LogP contribution in [0.15, 0.2) is 34.8 Å². The Morgan fingerprint density at radius 1 is 1.05 bits per heavy atom. The first-order valence-electron chi connectivity index (χ1n) is 13.3. The van der Waals surface area contributed by atoms with Crippen molar-refractivity contribution in [2.24, 2.45) is 28.6 Å². The number of ether oxygens (including phenoxy) is 1. The van der Waals surface area contributed by atoms with Crippen LogP contribution in [-0.2, 0) is 14.3 Å². The summed E-state index contributed by atoms with van der Waals surface area (Å²) in [5, 5.41) is 21.8. The number of esters is 1. The van der Waals surface area contributed by atoms with Crippen LogP contribution in [0.2, 0.25) is 0 Å². The molecule has 0 amide bonds. The Hall–Kier alpha value is -2.51. The lowest BCUT2D eigenvalue weighted by molar-refractivity contribution is -0.157. The van der Waals surface area contributed by atoms with Gasteiger partial charge in [0.1, 0.15) is 17.4 Å². The Bertz CT molecular complexity index is 1150. The number of allylic oxidation sites excluding steroid dienone is 1. The molecule has 2 heterocycles. The number of aliphatic hydroxyl groups is 2. The second kappa shape index (κ2) is 11.1. The van der Waals surface area contributed by atoms with Crippen molar-refractivity contribution in [2.45, 2.75) is 93.0 Å². The normalized spacial score (nSPS) is 32.7. The third kappa shape index (κ3) is 6.50. The molecule has 0 bridgehead atoms. The molecule has 2 aromatic rings. The average Bonchev–Trinajstić information content (AvgIpc) is 3.20. The lowest BCUT2D eigenvalue weighted by Crippen LogP contribution is -2.45. The number of aromatic nitrogens is 1. The number of nitrogens with zero attached hydrogens (tertiary/aromatic N) is 1. The van der Waals surface area contributed by atoms with Gasteiger partial charge in [0.2, 0.25) is 0 Å². The maximum absolute atomic E-state index is 13.3. The van der Waals surface area contributed by atoms with E-state index in [0.29, 0.717) is 23.4 Å². The monoisotopic (exact) mass is 513 g/mol. The largest absolute Gasteiger partial charge is 0.457 e. The summed E-state index contributed by atoms with van der Waals surface area (Å²) in [6.07, 6.45) is 2.35. The van der Waals surface area contributed by atoms with Crippen LogP contribution in [0.3, 0.4) is 0 Å². The number of fused-ring (bicyclic) bond motifs is 1. The summed E-state index contributed by atoms with van der Waals surface area (Å²) < 4.78 is 11.6. The quantitative estimate of drug-likeness (QED) is 0.371. The first kappa shape index (κ1) is 29.1. The highest BCUT2D eigenvalue weighted by Crippen LogP contribution is 2.40. The maximum atomic E-state index is 13.3. The number of aryl methyl sites for hydroxylation is 1. The fraction of sp³-hybridized carbons (Fsp3) is 0.633. The number of ketones is 1. The molecule has 1 aromatic carbocycles. The highest BCUT2D eigenvalue weighted by atomic mass is 16.5. The predicted octanol–water partition coefficient (Wildman–Crippen LogP) is 5.71. The molecule has 0 saturated carbocycles. The van der Waals surface area contributed by atoms with E-state index in [1.165, 1.54) is 0 Å². The standard InChI is InChI=1S/C30H43NO6/c1-17-10-9-13-29(5,6)18(2)14-24(21-11-12-23-22(15-21)31-20(4)36-23)37-26(33)16-25(32)30(7,8)28(35)19(3)27(17)34/h9-12,15,17-19,24-25,27,32,34H,13-14,16H2,1-8H3/b10-9+/t17-,18?,19+,24-,25-,27-/m0/s1. The van der Waals surface area contributed by atoms with Gasteiger partial charge in [0.15, 0.2) is 11.5 Å². The summed E-state index contributed by atoms with van der Waals surface area (Å²) in [5.41, 5.74) is 0.813. The highest BCUT2D eigenvalue weighted by molar-refractivity contribution is 5.88. The molecule has 2 N–H and O–H groups in total. The van der Waals surface area contributed by atoms with Gasteiger partial charge < -0.3 is 19.4 Å². The molecule has 7 nitrogen and oxygen atoms in total. The van der Waals surface area contributed by atoms with Crippen molar-refractivity contribution >= 4 is 22.9 Å². The van der Waals surface area contributed by atoms with Crippen LogP contribution in [0.1, 0.15) is 85.3 Å². The molecule has 37 heavy (non-hydrogen) atoms. The van der Waals surface area contributed by atoms with Crippen molar-refractivity contribution in [1.82, 2.24) is 4.98 Å². The summed E-state index contributed by atoms with van der Waals surface area (Å²) in [6.45, 7) is 15.1. The topological polar surface area (TPSA) is 110 Å². The van der Waals surface area contributed by atoms with Gasteiger partial charge in [-0.05, 0) is 41.9 Å². The Balaban J connectivity index is 1.99. The number of Topliss-reactive ketones (excluding diaryl/α,β-unsaturated/α-hetero) is 1. The van der Waals surface area contributed by atoms with E-state index in [-0.39, 0.29) is 29.5 Å². The molecule has 0 radical (unpaired) electrons. The fourth-order valence-electron chi connectivity index (χ4n) is 5.04. The molecule has 1 aliphatic heterocycles. The summed E-state index contributed by atoms with van der Waals surface area (Å²) in [6, 6.07) is 5.61. The van der Waals surface area contributed by atoms with Crippen molar-refractivity contribution < 1.29 is 29.0 Å². The van der Waals surface area contributed by atoms with Gasteiger partial charge in [0.05, 0.1) is 24.0 Å². The fourth-order valence-corrected chi connectivity index (χ4v) is 5.04. The lowest BCUT2D eigenvalue weighted by atomic mass is 9.72. The lowest BCUT2D eigenvalue weighted by Gasteiger charge is -2.36. The minimum atomic E-state index is -1.25. The van der Waals surface area contributed by atoms with Crippen LogP contribution in [0.25, 0.3) is 11.1 Å². The van der Waals surface area contributed by atoms with E-state index >= 15 is 0 Å². The van der Waals surface area contributed by atoms with E-state index in [1.54, 1.807) is 27.7 Å². The van der Waals surface area contributed by atoms with Gasteiger partial charge in [-0.2, -0.15) is 0 Å². The molecular formula is C30H43NO6.